The zero-order valence-electron chi connectivity index (χ0n) is 14.0. The predicted molar refractivity (Wildman–Crippen MR) is 95.2 cm³/mol. The zero-order valence-corrected chi connectivity index (χ0v) is 14.8. The molecule has 1 N–H and O–H groups in total. The van der Waals surface area contributed by atoms with Crippen molar-refractivity contribution in [3.05, 3.63) is 60.0 Å². The van der Waals surface area contributed by atoms with Crippen LogP contribution in [-0.4, -0.2) is 21.6 Å². The molecule has 3 aromatic rings. The van der Waals surface area contributed by atoms with Crippen LogP contribution in [0.15, 0.2) is 58.3 Å². The summed E-state index contributed by atoms with van der Waals surface area (Å²) in [6.45, 7) is 0. The van der Waals surface area contributed by atoms with Gasteiger partial charge in [0.1, 0.15) is 11.4 Å². The van der Waals surface area contributed by atoms with E-state index in [4.69, 9.17) is 9.68 Å². The Labute approximate surface area is 161 Å². The molecule has 142 valence electrons. The molecule has 3 rings (SSSR count). The number of furan rings is 1. The molecule has 0 radical (unpaired) electrons. The Bertz CT molecular complexity index is 1010. The first-order chi connectivity index (χ1) is 13.3. The van der Waals surface area contributed by atoms with Crippen LogP contribution >= 0.6 is 11.8 Å². The Hall–Kier alpha value is -3.32. The molecule has 0 atom stereocenters. The van der Waals surface area contributed by atoms with Gasteiger partial charge in [-0.1, -0.05) is 11.8 Å². The maximum absolute atomic E-state index is 13.1. The molecule has 0 aliphatic heterocycles. The summed E-state index contributed by atoms with van der Waals surface area (Å²) < 4.78 is 44.4. The van der Waals surface area contributed by atoms with Crippen LogP contribution in [-0.2, 0) is 11.0 Å². The monoisotopic (exact) mass is 404 g/mol. The largest absolute Gasteiger partial charge is 0.463 e. The Balaban J connectivity index is 1.73. The number of anilines is 1. The summed E-state index contributed by atoms with van der Waals surface area (Å²) in [6.07, 6.45) is -3.34. The van der Waals surface area contributed by atoms with Gasteiger partial charge in [-0.3, -0.25) is 4.79 Å². The minimum Gasteiger partial charge on any atom is -0.463 e. The molecule has 0 aliphatic rings. The molecule has 0 spiro atoms. The summed E-state index contributed by atoms with van der Waals surface area (Å²) in [5.74, 6) is -0.481. The molecule has 28 heavy (non-hydrogen) atoms. The van der Waals surface area contributed by atoms with E-state index in [0.29, 0.717) is 11.3 Å². The average molecular weight is 404 g/mol. The van der Waals surface area contributed by atoms with Gasteiger partial charge in [-0.25, -0.2) is 9.97 Å². The van der Waals surface area contributed by atoms with Crippen molar-refractivity contribution in [3.8, 4) is 17.5 Å². The molecule has 2 aromatic heterocycles. The Morgan fingerprint density at radius 3 is 2.57 bits per heavy atom. The van der Waals surface area contributed by atoms with Crippen molar-refractivity contribution >= 4 is 23.4 Å². The van der Waals surface area contributed by atoms with Gasteiger partial charge < -0.3 is 9.73 Å². The fraction of sp³-hybridized carbons (Fsp3) is 0.111. The van der Waals surface area contributed by atoms with Crippen molar-refractivity contribution in [3.63, 3.8) is 0 Å². The van der Waals surface area contributed by atoms with Gasteiger partial charge in [-0.15, -0.1) is 0 Å². The molecule has 10 heteroatoms. The number of amides is 1. The first-order valence-corrected chi connectivity index (χ1v) is 8.76. The first-order valence-electron chi connectivity index (χ1n) is 7.78. The van der Waals surface area contributed by atoms with E-state index in [1.165, 1.54) is 30.5 Å². The number of aromatic nitrogens is 2. The molecule has 0 saturated heterocycles. The summed E-state index contributed by atoms with van der Waals surface area (Å²) in [5.41, 5.74) is -0.243. The lowest BCUT2D eigenvalue weighted by atomic mass is 10.2. The summed E-state index contributed by atoms with van der Waals surface area (Å²) in [7, 11) is 0. The molecule has 0 bridgehead atoms. The number of hydrogen-bond acceptors (Lipinski definition) is 6. The highest BCUT2D eigenvalue weighted by Gasteiger charge is 2.34. The van der Waals surface area contributed by atoms with Crippen LogP contribution in [0.1, 0.15) is 11.3 Å². The van der Waals surface area contributed by atoms with Crippen LogP contribution in [0.2, 0.25) is 0 Å². The van der Waals surface area contributed by atoms with Crippen molar-refractivity contribution in [2.75, 3.05) is 11.1 Å². The van der Waals surface area contributed by atoms with Crippen LogP contribution < -0.4 is 5.32 Å². The quantitative estimate of drug-likeness (QED) is 0.502. The lowest BCUT2D eigenvalue weighted by molar-refractivity contribution is -0.141. The SMILES string of the molecule is N#Cc1ccc(NC(=O)CSc2nc(-c3ccco3)cc(C(F)(F)F)n2)cc1. The summed E-state index contributed by atoms with van der Waals surface area (Å²) >= 11 is 0.769. The maximum atomic E-state index is 13.1. The number of carbonyl (C=O) groups is 1. The van der Waals surface area contributed by atoms with Crippen LogP contribution in [0.4, 0.5) is 18.9 Å². The number of carbonyl (C=O) groups excluding carboxylic acids is 1. The van der Waals surface area contributed by atoms with Crippen molar-refractivity contribution < 1.29 is 22.4 Å². The lowest BCUT2D eigenvalue weighted by Crippen LogP contribution is -2.15. The summed E-state index contributed by atoms with van der Waals surface area (Å²) in [6, 6.07) is 11.9. The number of nitriles is 1. The van der Waals surface area contributed by atoms with Gasteiger partial charge in [-0.05, 0) is 42.5 Å². The van der Waals surface area contributed by atoms with E-state index in [1.54, 1.807) is 12.1 Å². The normalized spacial score (nSPS) is 11.1. The van der Waals surface area contributed by atoms with E-state index in [9.17, 15) is 18.0 Å². The third-order valence-corrected chi connectivity index (χ3v) is 4.25. The molecule has 0 unspecified atom stereocenters. The average Bonchev–Trinajstić information content (AvgIpc) is 3.21. The van der Waals surface area contributed by atoms with Crippen LogP contribution in [0.5, 0.6) is 0 Å². The van der Waals surface area contributed by atoms with Crippen molar-refractivity contribution in [2.24, 2.45) is 0 Å². The van der Waals surface area contributed by atoms with Crippen molar-refractivity contribution in [1.82, 2.24) is 9.97 Å². The Morgan fingerprint density at radius 1 is 1.21 bits per heavy atom. The molecule has 0 aliphatic carbocycles. The third kappa shape index (κ3) is 4.89. The smallest absolute Gasteiger partial charge is 0.433 e. The standard InChI is InChI=1S/C18H11F3N4O2S/c19-18(20,21)15-8-13(14-2-1-7-27-14)24-17(25-15)28-10-16(26)23-12-5-3-11(9-22)4-6-12/h1-8H,10H2,(H,23,26). The highest BCUT2D eigenvalue weighted by molar-refractivity contribution is 7.99. The minimum absolute atomic E-state index is 0.0256. The second-order valence-corrected chi connectivity index (χ2v) is 6.36. The number of alkyl halides is 3. The number of hydrogen-bond donors (Lipinski definition) is 1. The van der Waals surface area contributed by atoms with Gasteiger partial charge >= 0.3 is 6.18 Å². The molecule has 0 fully saturated rings. The van der Waals surface area contributed by atoms with E-state index < -0.39 is 17.8 Å². The number of nitrogens with one attached hydrogen (secondary N) is 1. The minimum atomic E-state index is -4.66. The van der Waals surface area contributed by atoms with Gasteiger partial charge in [0.05, 0.1) is 23.6 Å². The molecule has 2 heterocycles. The summed E-state index contributed by atoms with van der Waals surface area (Å²) in [4.78, 5) is 19.6. The topological polar surface area (TPSA) is 91.8 Å². The van der Waals surface area contributed by atoms with Crippen molar-refractivity contribution in [1.29, 1.82) is 5.26 Å². The molecular formula is C18H11F3N4O2S. The van der Waals surface area contributed by atoms with E-state index in [-0.39, 0.29) is 22.4 Å². The maximum Gasteiger partial charge on any atom is 0.433 e. The second-order valence-electron chi connectivity index (χ2n) is 5.42. The molecule has 1 amide bonds. The van der Waals surface area contributed by atoms with E-state index in [0.717, 1.165) is 17.8 Å². The van der Waals surface area contributed by atoms with Gasteiger partial charge in [0.2, 0.25) is 5.91 Å². The number of benzene rings is 1. The molecular weight excluding hydrogens is 393 g/mol. The van der Waals surface area contributed by atoms with E-state index in [2.05, 4.69) is 15.3 Å². The zero-order chi connectivity index (χ0) is 20.1. The van der Waals surface area contributed by atoms with Crippen LogP contribution in [0.25, 0.3) is 11.5 Å². The molecule has 1 aromatic carbocycles. The van der Waals surface area contributed by atoms with Crippen LogP contribution in [0, 0.1) is 11.3 Å². The lowest BCUT2D eigenvalue weighted by Gasteiger charge is -2.09. The van der Waals surface area contributed by atoms with Crippen LogP contribution in [0.3, 0.4) is 0 Å². The van der Waals surface area contributed by atoms with Gasteiger partial charge in [-0.2, -0.15) is 18.4 Å². The van der Waals surface area contributed by atoms with Gasteiger partial charge in [0, 0.05) is 5.69 Å². The number of rotatable bonds is 5. The highest BCUT2D eigenvalue weighted by Crippen LogP contribution is 2.32. The molecule has 6 nitrogen and oxygen atoms in total. The van der Waals surface area contributed by atoms with Crippen molar-refractivity contribution in [2.45, 2.75) is 11.3 Å². The first kappa shape index (κ1) is 19.4. The van der Waals surface area contributed by atoms with E-state index >= 15 is 0 Å². The van der Waals surface area contributed by atoms with Gasteiger partial charge in [0.15, 0.2) is 10.9 Å². The predicted octanol–water partition coefficient (Wildman–Crippen LogP) is 4.36. The number of nitrogens with zero attached hydrogens (tertiary/aromatic N) is 3. The highest BCUT2D eigenvalue weighted by atomic mass is 32.2. The second kappa shape index (κ2) is 8.14. The van der Waals surface area contributed by atoms with Gasteiger partial charge in [0.25, 0.3) is 0 Å². The molecule has 0 saturated carbocycles. The number of thioether (sulfide) groups is 1. The third-order valence-electron chi connectivity index (χ3n) is 3.40. The number of halogens is 3. The Kier molecular flexibility index (Phi) is 5.65. The van der Waals surface area contributed by atoms with E-state index in [1.807, 2.05) is 6.07 Å². The fourth-order valence-corrected chi connectivity index (χ4v) is 2.80. The fourth-order valence-electron chi connectivity index (χ4n) is 2.14. The Morgan fingerprint density at radius 2 is 1.96 bits per heavy atom. The summed E-state index contributed by atoms with van der Waals surface area (Å²) in [5, 5.41) is 11.1.